The minimum Gasteiger partial charge on any atom is -0.372 e. The van der Waals surface area contributed by atoms with E-state index in [-0.39, 0.29) is 5.69 Å². The van der Waals surface area contributed by atoms with Gasteiger partial charge >= 0.3 is 6.18 Å². The van der Waals surface area contributed by atoms with Crippen LogP contribution >= 0.6 is 0 Å². The molecule has 2 N–H and O–H groups in total. The average molecular weight is 393 g/mol. The zero-order valence-electron chi connectivity index (χ0n) is 15.6. The molecule has 0 unspecified atom stereocenters. The molecule has 2 aromatic carbocycles. The van der Waals surface area contributed by atoms with Gasteiger partial charge in [-0.2, -0.15) is 13.2 Å². The van der Waals surface area contributed by atoms with Crippen molar-refractivity contribution in [3.8, 4) is 0 Å². The molecule has 0 heterocycles. The van der Waals surface area contributed by atoms with Crippen molar-refractivity contribution in [1.29, 1.82) is 0 Å². The zero-order chi connectivity index (χ0) is 20.7. The highest BCUT2D eigenvalue weighted by Gasteiger charge is 2.30. The first-order chi connectivity index (χ1) is 13.2. The molecule has 0 aliphatic rings. The summed E-state index contributed by atoms with van der Waals surface area (Å²) >= 11 is 0. The molecule has 0 spiro atoms. The molecule has 0 aromatic heterocycles. The van der Waals surface area contributed by atoms with Crippen molar-refractivity contribution < 1.29 is 22.8 Å². The minimum atomic E-state index is -4.50. The second-order valence-electron chi connectivity index (χ2n) is 6.07. The van der Waals surface area contributed by atoms with E-state index in [2.05, 4.69) is 15.5 Å². The van der Waals surface area contributed by atoms with E-state index in [0.29, 0.717) is 5.69 Å². The topological polar surface area (TPSA) is 61.4 Å². The number of halogens is 3. The molecule has 5 nitrogen and oxygen atoms in total. The van der Waals surface area contributed by atoms with Crippen LogP contribution in [-0.2, 0) is 15.8 Å². The maximum Gasteiger partial charge on any atom is 0.416 e. The number of carbonyl (C=O) groups excluding carboxylic acids is 2. The van der Waals surface area contributed by atoms with Gasteiger partial charge in [0.05, 0.1) is 5.56 Å². The van der Waals surface area contributed by atoms with Crippen LogP contribution in [0.15, 0.2) is 48.5 Å². The van der Waals surface area contributed by atoms with Crippen LogP contribution < -0.4 is 15.5 Å². The lowest BCUT2D eigenvalue weighted by molar-refractivity contribution is -0.137. The monoisotopic (exact) mass is 393 g/mol. The largest absolute Gasteiger partial charge is 0.416 e. The van der Waals surface area contributed by atoms with Crippen molar-refractivity contribution in [3.63, 3.8) is 0 Å². The number of anilines is 3. The van der Waals surface area contributed by atoms with Crippen LogP contribution in [0.1, 0.15) is 25.8 Å². The Morgan fingerprint density at radius 3 is 2.00 bits per heavy atom. The molecule has 0 radical (unpaired) electrons. The van der Waals surface area contributed by atoms with Gasteiger partial charge in [-0.05, 0) is 56.3 Å². The van der Waals surface area contributed by atoms with Crippen LogP contribution in [-0.4, -0.2) is 24.9 Å². The third-order valence-corrected chi connectivity index (χ3v) is 4.07. The molecule has 0 aliphatic heterocycles. The number of hydrogen-bond donors (Lipinski definition) is 2. The van der Waals surface area contributed by atoms with Gasteiger partial charge in [0.1, 0.15) is 6.42 Å². The lowest BCUT2D eigenvalue weighted by Gasteiger charge is -2.21. The minimum absolute atomic E-state index is 0.0174. The molecule has 2 aromatic rings. The van der Waals surface area contributed by atoms with Gasteiger partial charge in [0.2, 0.25) is 11.8 Å². The van der Waals surface area contributed by atoms with Crippen molar-refractivity contribution in [2.75, 3.05) is 28.6 Å². The molecule has 2 amide bonds. The SMILES string of the molecule is CCN(CC)c1ccc(NC(=O)CC(=O)Nc2cccc(C(F)(F)F)c2)cc1. The first-order valence-electron chi connectivity index (χ1n) is 8.85. The summed E-state index contributed by atoms with van der Waals surface area (Å²) < 4.78 is 38.1. The smallest absolute Gasteiger partial charge is 0.372 e. The second-order valence-corrected chi connectivity index (χ2v) is 6.07. The Balaban J connectivity index is 1.92. The second kappa shape index (κ2) is 9.25. The molecular weight excluding hydrogens is 371 g/mol. The van der Waals surface area contributed by atoms with Gasteiger partial charge in [-0.3, -0.25) is 9.59 Å². The van der Waals surface area contributed by atoms with E-state index in [1.807, 2.05) is 26.0 Å². The Hall–Kier alpha value is -3.03. The van der Waals surface area contributed by atoms with Crippen LogP contribution in [0.25, 0.3) is 0 Å². The van der Waals surface area contributed by atoms with E-state index >= 15 is 0 Å². The van der Waals surface area contributed by atoms with E-state index in [1.165, 1.54) is 12.1 Å². The van der Waals surface area contributed by atoms with Gasteiger partial charge < -0.3 is 15.5 Å². The fraction of sp³-hybridized carbons (Fsp3) is 0.300. The maximum absolute atomic E-state index is 12.7. The molecule has 8 heteroatoms. The van der Waals surface area contributed by atoms with Crippen molar-refractivity contribution in [3.05, 3.63) is 54.1 Å². The summed E-state index contributed by atoms with van der Waals surface area (Å²) in [6, 6.07) is 11.4. The molecule has 0 saturated carbocycles. The van der Waals surface area contributed by atoms with Crippen LogP contribution in [0.2, 0.25) is 0 Å². The Morgan fingerprint density at radius 1 is 0.893 bits per heavy atom. The van der Waals surface area contributed by atoms with Gasteiger partial charge in [0.15, 0.2) is 0 Å². The van der Waals surface area contributed by atoms with Crippen LogP contribution in [0, 0.1) is 0 Å². The van der Waals surface area contributed by atoms with Gasteiger partial charge in [-0.15, -0.1) is 0 Å². The standard InChI is InChI=1S/C20H22F3N3O2/c1-3-26(4-2)17-10-8-15(9-11-17)24-18(27)13-19(28)25-16-7-5-6-14(12-16)20(21,22)23/h5-12H,3-4,13H2,1-2H3,(H,24,27)(H,25,28). The Bertz CT molecular complexity index is 816. The first-order valence-corrected chi connectivity index (χ1v) is 8.85. The number of alkyl halides is 3. The molecular formula is C20H22F3N3O2. The molecule has 0 bridgehead atoms. The molecule has 0 atom stereocenters. The molecule has 0 fully saturated rings. The number of hydrogen-bond acceptors (Lipinski definition) is 3. The van der Waals surface area contributed by atoms with E-state index in [0.717, 1.165) is 30.9 Å². The van der Waals surface area contributed by atoms with E-state index in [4.69, 9.17) is 0 Å². The lowest BCUT2D eigenvalue weighted by Crippen LogP contribution is -2.22. The maximum atomic E-state index is 12.7. The fourth-order valence-corrected chi connectivity index (χ4v) is 2.67. The molecule has 150 valence electrons. The summed E-state index contributed by atoms with van der Waals surface area (Å²) in [5.74, 6) is -1.25. The Labute approximate surface area is 161 Å². The third-order valence-electron chi connectivity index (χ3n) is 4.07. The summed E-state index contributed by atoms with van der Waals surface area (Å²) in [5, 5.41) is 4.90. The third kappa shape index (κ3) is 6.00. The van der Waals surface area contributed by atoms with Crippen molar-refractivity contribution in [1.82, 2.24) is 0 Å². The fourth-order valence-electron chi connectivity index (χ4n) is 2.67. The number of carbonyl (C=O) groups is 2. The van der Waals surface area contributed by atoms with E-state index in [1.54, 1.807) is 12.1 Å². The van der Waals surface area contributed by atoms with Gasteiger partial charge in [-0.1, -0.05) is 6.07 Å². The van der Waals surface area contributed by atoms with Crippen molar-refractivity contribution >= 4 is 28.9 Å². The summed E-state index contributed by atoms with van der Waals surface area (Å²) in [6.45, 7) is 5.81. The number of nitrogens with zero attached hydrogens (tertiary/aromatic N) is 1. The summed E-state index contributed by atoms with van der Waals surface area (Å²) in [7, 11) is 0. The quantitative estimate of drug-likeness (QED) is 0.680. The molecule has 0 aliphatic carbocycles. The zero-order valence-corrected chi connectivity index (χ0v) is 15.6. The number of benzene rings is 2. The average Bonchev–Trinajstić information content (AvgIpc) is 2.63. The number of rotatable bonds is 7. The van der Waals surface area contributed by atoms with Crippen LogP contribution in [0.4, 0.5) is 30.2 Å². The van der Waals surface area contributed by atoms with E-state index in [9.17, 15) is 22.8 Å². The van der Waals surface area contributed by atoms with E-state index < -0.39 is 30.0 Å². The van der Waals surface area contributed by atoms with Gasteiger partial charge in [0, 0.05) is 30.2 Å². The van der Waals surface area contributed by atoms with Crippen LogP contribution in [0.5, 0.6) is 0 Å². The van der Waals surface area contributed by atoms with Crippen molar-refractivity contribution in [2.24, 2.45) is 0 Å². The summed E-state index contributed by atoms with van der Waals surface area (Å²) in [6.07, 6.45) is -5.01. The normalized spacial score (nSPS) is 11.0. The van der Waals surface area contributed by atoms with Gasteiger partial charge in [-0.25, -0.2) is 0 Å². The number of amides is 2. The van der Waals surface area contributed by atoms with Crippen molar-refractivity contribution in [2.45, 2.75) is 26.4 Å². The first kappa shape index (κ1) is 21.3. The highest BCUT2D eigenvalue weighted by Crippen LogP contribution is 2.30. The number of nitrogens with one attached hydrogen (secondary N) is 2. The lowest BCUT2D eigenvalue weighted by atomic mass is 10.2. The predicted octanol–water partition coefficient (Wildman–Crippen LogP) is 4.52. The predicted molar refractivity (Wildman–Crippen MR) is 103 cm³/mol. The Morgan fingerprint density at radius 2 is 1.46 bits per heavy atom. The molecule has 2 rings (SSSR count). The van der Waals surface area contributed by atoms with Gasteiger partial charge in [0.25, 0.3) is 0 Å². The molecule has 0 saturated heterocycles. The Kier molecular flexibility index (Phi) is 7.03. The highest BCUT2D eigenvalue weighted by molar-refractivity contribution is 6.08. The van der Waals surface area contributed by atoms with Crippen LogP contribution in [0.3, 0.4) is 0 Å². The highest BCUT2D eigenvalue weighted by atomic mass is 19.4. The molecule has 28 heavy (non-hydrogen) atoms. The summed E-state index contributed by atoms with van der Waals surface area (Å²) in [5.41, 5.74) is 0.664. The summed E-state index contributed by atoms with van der Waals surface area (Å²) in [4.78, 5) is 26.1.